The van der Waals surface area contributed by atoms with Crippen LogP contribution in [0.4, 0.5) is 0 Å². The van der Waals surface area contributed by atoms with Gasteiger partial charge in [-0.3, -0.25) is 5.43 Å². The molecule has 0 atom stereocenters. The number of nitrogens with two attached hydrogens (primary N) is 1. The van der Waals surface area contributed by atoms with Crippen molar-refractivity contribution in [2.24, 2.45) is 10.8 Å². The second kappa shape index (κ2) is 10.6. The molecular formula is C16H21Cl2N3S. The smallest absolute Gasteiger partial charge is 0.184 e. The van der Waals surface area contributed by atoms with Crippen molar-refractivity contribution in [3.8, 4) is 0 Å². The summed E-state index contributed by atoms with van der Waals surface area (Å²) in [5.41, 5.74) is 9.92. The van der Waals surface area contributed by atoms with Gasteiger partial charge in [0.25, 0.3) is 0 Å². The first-order valence-corrected chi connectivity index (χ1v) is 8.44. The lowest BCUT2D eigenvalue weighted by atomic mass is 10.1. The minimum atomic E-state index is 0.161. The number of nitrogens with one attached hydrogen (secondary N) is 1. The molecule has 1 aromatic carbocycles. The molecule has 0 saturated heterocycles. The van der Waals surface area contributed by atoms with E-state index in [1.165, 1.54) is 19.3 Å². The van der Waals surface area contributed by atoms with E-state index in [1.54, 1.807) is 6.07 Å². The Morgan fingerprint density at radius 2 is 2.05 bits per heavy atom. The van der Waals surface area contributed by atoms with Crippen molar-refractivity contribution >= 4 is 52.3 Å². The van der Waals surface area contributed by atoms with Crippen LogP contribution >= 0.6 is 35.4 Å². The third kappa shape index (κ3) is 7.78. The fourth-order valence-electron chi connectivity index (χ4n) is 1.84. The van der Waals surface area contributed by atoms with E-state index in [0.717, 1.165) is 24.1 Å². The summed E-state index contributed by atoms with van der Waals surface area (Å²) in [6.45, 7) is 2.19. The molecule has 0 aromatic heterocycles. The molecule has 0 unspecified atom stereocenters. The highest BCUT2D eigenvalue weighted by Crippen LogP contribution is 2.23. The van der Waals surface area contributed by atoms with Crippen LogP contribution in [0.1, 0.15) is 44.6 Å². The summed E-state index contributed by atoms with van der Waals surface area (Å²) in [5.74, 6) is 0. The van der Waals surface area contributed by atoms with Gasteiger partial charge in [0.05, 0.1) is 15.8 Å². The van der Waals surface area contributed by atoms with Gasteiger partial charge in [-0.2, -0.15) is 5.10 Å². The van der Waals surface area contributed by atoms with E-state index in [9.17, 15) is 0 Å². The van der Waals surface area contributed by atoms with Crippen LogP contribution in [0.5, 0.6) is 0 Å². The molecule has 1 aromatic rings. The summed E-state index contributed by atoms with van der Waals surface area (Å²) in [5, 5.41) is 5.47. The van der Waals surface area contributed by atoms with Gasteiger partial charge in [-0.05, 0) is 48.8 Å². The third-order valence-electron chi connectivity index (χ3n) is 3.01. The fourth-order valence-corrected chi connectivity index (χ4v) is 2.20. The lowest BCUT2D eigenvalue weighted by molar-refractivity contribution is 0.682. The average Bonchev–Trinajstić information content (AvgIpc) is 2.48. The SMILES string of the molecule is CCCCCCC(/C=C/c1ccc(Cl)c(Cl)c1)=NNC(N)=S. The van der Waals surface area contributed by atoms with Gasteiger partial charge in [0.1, 0.15) is 0 Å². The maximum atomic E-state index is 6.01. The van der Waals surface area contributed by atoms with Gasteiger partial charge in [0, 0.05) is 0 Å². The molecule has 0 heterocycles. The first-order chi connectivity index (χ1) is 10.5. The number of benzene rings is 1. The first-order valence-electron chi connectivity index (χ1n) is 7.28. The zero-order chi connectivity index (χ0) is 16.4. The lowest BCUT2D eigenvalue weighted by Gasteiger charge is -2.03. The van der Waals surface area contributed by atoms with Gasteiger partial charge in [-0.25, -0.2) is 0 Å². The van der Waals surface area contributed by atoms with E-state index < -0.39 is 0 Å². The number of nitrogens with zero attached hydrogens (tertiary/aromatic N) is 1. The molecule has 6 heteroatoms. The number of thiocarbonyl (C=S) groups is 1. The molecule has 3 N–H and O–H groups in total. The molecule has 3 nitrogen and oxygen atoms in total. The molecule has 0 aliphatic carbocycles. The normalized spacial score (nSPS) is 11.9. The number of hydrazone groups is 1. The molecule has 22 heavy (non-hydrogen) atoms. The van der Waals surface area contributed by atoms with E-state index in [1.807, 2.05) is 24.3 Å². The molecule has 0 bridgehead atoms. The molecule has 0 aliphatic rings. The van der Waals surface area contributed by atoms with Gasteiger partial charge in [-0.1, -0.05) is 61.5 Å². The molecule has 0 amide bonds. The van der Waals surface area contributed by atoms with Crippen molar-refractivity contribution in [3.05, 3.63) is 39.9 Å². The highest BCUT2D eigenvalue weighted by atomic mass is 35.5. The molecule has 0 fully saturated rings. The van der Waals surface area contributed by atoms with Crippen molar-refractivity contribution in [1.29, 1.82) is 0 Å². The van der Waals surface area contributed by atoms with Crippen LogP contribution in [0.3, 0.4) is 0 Å². The predicted molar refractivity (Wildman–Crippen MR) is 102 cm³/mol. The highest BCUT2D eigenvalue weighted by Gasteiger charge is 1.99. The Morgan fingerprint density at radius 1 is 1.27 bits per heavy atom. The zero-order valence-corrected chi connectivity index (χ0v) is 14.9. The molecule has 120 valence electrons. The summed E-state index contributed by atoms with van der Waals surface area (Å²) in [6.07, 6.45) is 9.45. The van der Waals surface area contributed by atoms with Crippen molar-refractivity contribution in [1.82, 2.24) is 5.43 Å². The van der Waals surface area contributed by atoms with Crippen LogP contribution in [0.15, 0.2) is 29.4 Å². The van der Waals surface area contributed by atoms with Crippen LogP contribution in [0.25, 0.3) is 6.08 Å². The van der Waals surface area contributed by atoms with E-state index in [0.29, 0.717) is 10.0 Å². The zero-order valence-electron chi connectivity index (χ0n) is 12.6. The van der Waals surface area contributed by atoms with E-state index >= 15 is 0 Å². The van der Waals surface area contributed by atoms with E-state index in [-0.39, 0.29) is 5.11 Å². The Hall–Kier alpha value is -1.10. The summed E-state index contributed by atoms with van der Waals surface area (Å²) in [7, 11) is 0. The molecule has 1 rings (SSSR count). The molecule has 0 saturated carbocycles. The number of hydrogen-bond donors (Lipinski definition) is 2. The predicted octanol–water partition coefficient (Wildman–Crippen LogP) is 5.17. The van der Waals surface area contributed by atoms with Crippen LogP contribution in [0, 0.1) is 0 Å². The Morgan fingerprint density at radius 3 is 2.68 bits per heavy atom. The third-order valence-corrected chi connectivity index (χ3v) is 3.84. The molecule has 0 aliphatic heterocycles. The number of allylic oxidation sites excluding steroid dienone is 1. The Labute approximate surface area is 147 Å². The maximum Gasteiger partial charge on any atom is 0.184 e. The Bertz CT molecular complexity index is 556. The van der Waals surface area contributed by atoms with Crippen LogP contribution < -0.4 is 11.2 Å². The summed E-state index contributed by atoms with van der Waals surface area (Å²) in [6, 6.07) is 5.49. The quantitative estimate of drug-likeness (QED) is 0.292. The number of halogens is 2. The number of unbranched alkanes of at least 4 members (excludes halogenated alkanes) is 3. The minimum Gasteiger partial charge on any atom is -0.375 e. The van der Waals surface area contributed by atoms with Gasteiger partial charge in [0.15, 0.2) is 5.11 Å². The molecular weight excluding hydrogens is 337 g/mol. The van der Waals surface area contributed by atoms with Crippen LogP contribution in [-0.4, -0.2) is 10.8 Å². The van der Waals surface area contributed by atoms with Crippen molar-refractivity contribution in [3.63, 3.8) is 0 Å². The van der Waals surface area contributed by atoms with E-state index in [4.69, 9.17) is 41.2 Å². The number of rotatable bonds is 8. The van der Waals surface area contributed by atoms with Gasteiger partial charge in [0.2, 0.25) is 0 Å². The van der Waals surface area contributed by atoms with Gasteiger partial charge >= 0.3 is 0 Å². The standard InChI is InChI=1S/C16H21Cl2N3S/c1-2-3-4-5-6-13(20-21-16(19)22)9-7-12-8-10-14(17)15(18)11-12/h7-11H,2-6H2,1H3,(H3,19,21,22)/b9-7+,20-13?. The second-order valence-electron chi connectivity index (χ2n) is 4.90. The average molecular weight is 358 g/mol. The van der Waals surface area contributed by atoms with Crippen molar-refractivity contribution < 1.29 is 0 Å². The monoisotopic (exact) mass is 357 g/mol. The van der Waals surface area contributed by atoms with Crippen molar-refractivity contribution in [2.45, 2.75) is 39.0 Å². The Kier molecular flexibility index (Phi) is 9.13. The maximum absolute atomic E-state index is 6.01. The first kappa shape index (κ1) is 18.9. The summed E-state index contributed by atoms with van der Waals surface area (Å²) < 4.78 is 0. The summed E-state index contributed by atoms with van der Waals surface area (Å²) in [4.78, 5) is 0. The van der Waals surface area contributed by atoms with Crippen molar-refractivity contribution in [2.75, 3.05) is 0 Å². The largest absolute Gasteiger partial charge is 0.375 e. The lowest BCUT2D eigenvalue weighted by Crippen LogP contribution is -2.25. The number of hydrogen-bond acceptors (Lipinski definition) is 2. The fraction of sp³-hybridized carbons (Fsp3) is 0.375. The van der Waals surface area contributed by atoms with Crippen LogP contribution in [0.2, 0.25) is 10.0 Å². The molecule has 0 spiro atoms. The topological polar surface area (TPSA) is 50.4 Å². The van der Waals surface area contributed by atoms with Gasteiger partial charge in [-0.15, -0.1) is 0 Å². The minimum absolute atomic E-state index is 0.161. The molecule has 0 radical (unpaired) electrons. The van der Waals surface area contributed by atoms with Crippen LogP contribution in [-0.2, 0) is 0 Å². The van der Waals surface area contributed by atoms with E-state index in [2.05, 4.69) is 17.5 Å². The Balaban J connectivity index is 2.72. The van der Waals surface area contributed by atoms with Gasteiger partial charge < -0.3 is 5.73 Å². The highest BCUT2D eigenvalue weighted by molar-refractivity contribution is 7.80. The second-order valence-corrected chi connectivity index (χ2v) is 6.15. The summed E-state index contributed by atoms with van der Waals surface area (Å²) >= 11 is 16.7.